The Morgan fingerprint density at radius 3 is 1.97 bits per heavy atom. The Labute approximate surface area is 204 Å². The number of rotatable bonds is 7. The zero-order chi connectivity index (χ0) is 25.6. The maximum Gasteiger partial charge on any atom is 0.0384 e. The summed E-state index contributed by atoms with van der Waals surface area (Å²) < 4.78 is 0. The van der Waals surface area contributed by atoms with E-state index in [2.05, 4.69) is 94.4 Å². The molecule has 0 atom stereocenters. The molecule has 2 rings (SSSR count). The van der Waals surface area contributed by atoms with Gasteiger partial charge in [0.1, 0.15) is 0 Å². The largest absolute Gasteiger partial charge is 0.356 e. The standard InChI is InChI=1S/C28H33N.2C2H6/c1-9-13-14-26-20(5)21(6)27(28(26,7)8)19-24(12-4)29-25-17-15-23(16-18-25)22(10-2)11-3;2*1-2/h9-19,29H,1-2,6H2,3-5,7-8H3;2*1-2H3/b14-13-,22-11+,24-12+,27-19+;;. The van der Waals surface area contributed by atoms with Crippen molar-refractivity contribution in [3.63, 3.8) is 0 Å². The van der Waals surface area contributed by atoms with Crippen LogP contribution in [0, 0.1) is 5.41 Å². The summed E-state index contributed by atoms with van der Waals surface area (Å²) in [5.41, 5.74) is 9.16. The lowest BCUT2D eigenvalue weighted by Crippen LogP contribution is -2.13. The molecule has 1 nitrogen and oxygen atoms in total. The van der Waals surface area contributed by atoms with E-state index in [1.807, 2.05) is 59.8 Å². The minimum atomic E-state index is -0.106. The van der Waals surface area contributed by atoms with E-state index < -0.39 is 0 Å². The Kier molecular flexibility index (Phi) is 13.5. The van der Waals surface area contributed by atoms with Crippen molar-refractivity contribution < 1.29 is 0 Å². The van der Waals surface area contributed by atoms with Gasteiger partial charge in [-0.1, -0.05) is 110 Å². The van der Waals surface area contributed by atoms with Gasteiger partial charge in [0.25, 0.3) is 0 Å². The third-order valence-electron chi connectivity index (χ3n) is 5.58. The second-order valence-electron chi connectivity index (χ2n) is 7.69. The highest BCUT2D eigenvalue weighted by atomic mass is 14.9. The second kappa shape index (κ2) is 14.9. The normalized spacial score (nSPS) is 16.8. The Balaban J connectivity index is 0.00000242. The van der Waals surface area contributed by atoms with Crippen molar-refractivity contribution in [3.8, 4) is 0 Å². The summed E-state index contributed by atoms with van der Waals surface area (Å²) in [6.45, 7) is 30.7. The predicted octanol–water partition coefficient (Wildman–Crippen LogP) is 10.2. The SMILES string of the molecule is C=C/C=C\C1=C(C)C(=C)/C(=C\C(=C/C)Nc2ccc(/C(C=C)=C/C)cc2)C1(C)C.CC.CC. The van der Waals surface area contributed by atoms with Crippen LogP contribution in [0.2, 0.25) is 0 Å². The summed E-state index contributed by atoms with van der Waals surface area (Å²) in [5.74, 6) is 0. The Morgan fingerprint density at radius 1 is 0.939 bits per heavy atom. The molecule has 33 heavy (non-hydrogen) atoms. The fourth-order valence-electron chi connectivity index (χ4n) is 3.78. The average Bonchev–Trinajstić information content (AvgIpc) is 3.00. The molecule has 0 saturated carbocycles. The van der Waals surface area contributed by atoms with E-state index in [0.29, 0.717) is 0 Å². The summed E-state index contributed by atoms with van der Waals surface area (Å²) in [6, 6.07) is 8.42. The van der Waals surface area contributed by atoms with Gasteiger partial charge >= 0.3 is 0 Å². The van der Waals surface area contributed by atoms with Crippen LogP contribution in [0.5, 0.6) is 0 Å². The highest BCUT2D eigenvalue weighted by molar-refractivity contribution is 5.74. The number of benzene rings is 1. The lowest BCUT2D eigenvalue weighted by Gasteiger charge is -2.24. The first kappa shape index (κ1) is 29.9. The van der Waals surface area contributed by atoms with Crippen LogP contribution >= 0.6 is 0 Å². The van der Waals surface area contributed by atoms with Crippen LogP contribution in [0.15, 0.2) is 115 Å². The molecule has 0 saturated heterocycles. The van der Waals surface area contributed by atoms with Gasteiger partial charge in [0.15, 0.2) is 0 Å². The number of allylic oxidation sites excluding steroid dienone is 12. The Morgan fingerprint density at radius 2 is 1.52 bits per heavy atom. The number of anilines is 1. The average molecular weight is 444 g/mol. The van der Waals surface area contributed by atoms with Crippen LogP contribution in [-0.2, 0) is 0 Å². The summed E-state index contributed by atoms with van der Waals surface area (Å²) in [6.07, 6.45) is 14.2. The first-order valence-corrected chi connectivity index (χ1v) is 12.0. The lowest BCUT2D eigenvalue weighted by atomic mass is 9.80. The Bertz CT molecular complexity index is 954. The maximum absolute atomic E-state index is 4.36. The molecule has 0 amide bonds. The van der Waals surface area contributed by atoms with Crippen molar-refractivity contribution in [2.45, 2.75) is 62.3 Å². The molecular formula is C32H45N. The topological polar surface area (TPSA) is 12.0 Å². The van der Waals surface area contributed by atoms with Crippen LogP contribution in [0.1, 0.15) is 67.9 Å². The summed E-state index contributed by atoms with van der Waals surface area (Å²) in [4.78, 5) is 0. The van der Waals surface area contributed by atoms with E-state index in [1.165, 1.54) is 16.7 Å². The van der Waals surface area contributed by atoms with Crippen molar-refractivity contribution in [2.75, 3.05) is 5.32 Å². The zero-order valence-electron chi connectivity index (χ0n) is 22.5. The van der Waals surface area contributed by atoms with E-state index in [4.69, 9.17) is 0 Å². The minimum absolute atomic E-state index is 0.106. The number of hydrogen-bond acceptors (Lipinski definition) is 1. The smallest absolute Gasteiger partial charge is 0.0384 e. The lowest BCUT2D eigenvalue weighted by molar-refractivity contribution is 0.578. The zero-order valence-corrected chi connectivity index (χ0v) is 22.5. The molecule has 0 aliphatic heterocycles. The van der Waals surface area contributed by atoms with Gasteiger partial charge < -0.3 is 5.32 Å². The van der Waals surface area contributed by atoms with Gasteiger partial charge in [-0.15, -0.1) is 0 Å². The quantitative estimate of drug-likeness (QED) is 0.413. The molecule has 0 unspecified atom stereocenters. The second-order valence-corrected chi connectivity index (χ2v) is 7.69. The first-order valence-electron chi connectivity index (χ1n) is 12.0. The van der Waals surface area contributed by atoms with E-state index in [1.54, 1.807) is 0 Å². The van der Waals surface area contributed by atoms with Gasteiger partial charge in [-0.3, -0.25) is 0 Å². The molecule has 1 aromatic carbocycles. The van der Waals surface area contributed by atoms with Crippen molar-refractivity contribution in [1.29, 1.82) is 0 Å². The molecule has 0 aromatic heterocycles. The maximum atomic E-state index is 4.36. The monoisotopic (exact) mass is 443 g/mol. The molecule has 1 aliphatic carbocycles. The van der Waals surface area contributed by atoms with E-state index in [-0.39, 0.29) is 5.41 Å². The first-order chi connectivity index (χ1) is 15.8. The summed E-state index contributed by atoms with van der Waals surface area (Å²) in [5, 5.41) is 3.53. The van der Waals surface area contributed by atoms with Crippen molar-refractivity contribution >= 4 is 11.3 Å². The molecular weight excluding hydrogens is 398 g/mol. The highest BCUT2D eigenvalue weighted by Crippen LogP contribution is 2.50. The fourth-order valence-corrected chi connectivity index (χ4v) is 3.78. The Hall–Kier alpha value is -3.06. The molecule has 1 aromatic rings. The van der Waals surface area contributed by atoms with E-state index >= 15 is 0 Å². The highest BCUT2D eigenvalue weighted by Gasteiger charge is 2.36. The van der Waals surface area contributed by atoms with Crippen molar-refractivity contribution in [2.24, 2.45) is 5.41 Å². The van der Waals surface area contributed by atoms with Gasteiger partial charge in [0.05, 0.1) is 0 Å². The van der Waals surface area contributed by atoms with Gasteiger partial charge in [-0.05, 0) is 72.4 Å². The molecule has 1 heteroatoms. The van der Waals surface area contributed by atoms with Gasteiger partial charge in [0.2, 0.25) is 0 Å². The van der Waals surface area contributed by atoms with E-state index in [0.717, 1.165) is 28.1 Å². The van der Waals surface area contributed by atoms with Gasteiger partial charge in [0, 0.05) is 16.8 Å². The summed E-state index contributed by atoms with van der Waals surface area (Å²) in [7, 11) is 0. The molecule has 1 aliphatic rings. The summed E-state index contributed by atoms with van der Waals surface area (Å²) >= 11 is 0. The number of nitrogens with one attached hydrogen (secondary N) is 1. The number of hydrogen-bond donors (Lipinski definition) is 1. The molecule has 0 fully saturated rings. The molecule has 0 bridgehead atoms. The van der Waals surface area contributed by atoms with Gasteiger partial charge in [-0.2, -0.15) is 0 Å². The van der Waals surface area contributed by atoms with Crippen LogP contribution in [0.4, 0.5) is 5.69 Å². The van der Waals surface area contributed by atoms with E-state index in [9.17, 15) is 0 Å². The van der Waals surface area contributed by atoms with Crippen LogP contribution < -0.4 is 5.32 Å². The molecule has 0 heterocycles. The fraction of sp³-hybridized carbons (Fsp3) is 0.312. The van der Waals surface area contributed by atoms with Crippen LogP contribution in [0.25, 0.3) is 5.57 Å². The predicted molar refractivity (Wildman–Crippen MR) is 153 cm³/mol. The molecule has 1 N–H and O–H groups in total. The van der Waals surface area contributed by atoms with Gasteiger partial charge in [-0.25, -0.2) is 0 Å². The minimum Gasteiger partial charge on any atom is -0.356 e. The van der Waals surface area contributed by atoms with Crippen LogP contribution in [0.3, 0.4) is 0 Å². The molecule has 0 radical (unpaired) electrons. The molecule has 178 valence electrons. The van der Waals surface area contributed by atoms with Crippen molar-refractivity contribution in [1.82, 2.24) is 0 Å². The van der Waals surface area contributed by atoms with Crippen molar-refractivity contribution in [3.05, 3.63) is 120 Å². The third kappa shape index (κ3) is 7.49. The molecule has 0 spiro atoms. The third-order valence-corrected chi connectivity index (χ3v) is 5.58. The van der Waals surface area contributed by atoms with Crippen LogP contribution in [-0.4, -0.2) is 0 Å².